The summed E-state index contributed by atoms with van der Waals surface area (Å²) in [5.74, 6) is -0.706. The van der Waals surface area contributed by atoms with Crippen molar-refractivity contribution in [3.8, 4) is 0 Å². The van der Waals surface area contributed by atoms with Crippen LogP contribution in [0, 0.1) is 13.8 Å². The number of hydrogen-bond acceptors (Lipinski definition) is 3. The van der Waals surface area contributed by atoms with Gasteiger partial charge in [-0.05, 0) is 54.8 Å². The first-order valence-corrected chi connectivity index (χ1v) is 12.2. The van der Waals surface area contributed by atoms with E-state index in [4.69, 9.17) is 11.6 Å². The molecule has 5 nitrogen and oxygen atoms in total. The zero-order chi connectivity index (χ0) is 23.8. The number of rotatable bonds is 5. The molecule has 4 rings (SSSR count). The molecule has 0 aliphatic carbocycles. The highest BCUT2D eigenvalue weighted by molar-refractivity contribution is 7.97. The zero-order valence-electron chi connectivity index (χ0n) is 18.3. The fourth-order valence-electron chi connectivity index (χ4n) is 3.90. The number of sulfonamides is 1. The molecule has 0 saturated heterocycles. The predicted octanol–water partition coefficient (Wildman–Crippen LogP) is 5.69. The Kier molecular flexibility index (Phi) is 6.15. The largest absolute Gasteiger partial charge is 0.321 e. The van der Waals surface area contributed by atoms with Gasteiger partial charge < -0.3 is 5.32 Å². The Hall–Kier alpha value is -3.35. The van der Waals surface area contributed by atoms with Gasteiger partial charge in [0, 0.05) is 21.8 Å². The lowest BCUT2D eigenvalue weighted by Gasteiger charge is -2.33. The van der Waals surface area contributed by atoms with Crippen molar-refractivity contribution in [3.63, 3.8) is 0 Å². The molecule has 7 heteroatoms. The fraction of sp³-hybridized carbons (Fsp3) is 0.115. The van der Waals surface area contributed by atoms with Gasteiger partial charge in [-0.2, -0.15) is 0 Å². The first-order chi connectivity index (χ1) is 15.7. The minimum absolute atomic E-state index is 0.0132. The van der Waals surface area contributed by atoms with E-state index < -0.39 is 15.9 Å². The summed E-state index contributed by atoms with van der Waals surface area (Å²) in [5.41, 5.74) is 4.27. The van der Waals surface area contributed by atoms with Crippen LogP contribution in [0.25, 0.3) is 5.57 Å². The van der Waals surface area contributed by atoms with Crippen molar-refractivity contribution in [2.75, 3.05) is 16.2 Å². The number of carbonyl (C=O) groups excluding carboxylic acids is 1. The van der Waals surface area contributed by atoms with Crippen molar-refractivity contribution in [1.29, 1.82) is 0 Å². The summed E-state index contributed by atoms with van der Waals surface area (Å²) < 4.78 is 28.9. The lowest BCUT2D eigenvalue weighted by molar-refractivity contribution is -0.112. The smallest absolute Gasteiger partial charge is 0.270 e. The van der Waals surface area contributed by atoms with Crippen molar-refractivity contribution in [2.24, 2.45) is 0 Å². The highest BCUT2D eigenvalue weighted by Gasteiger charge is 2.41. The van der Waals surface area contributed by atoms with Gasteiger partial charge in [0.25, 0.3) is 15.9 Å². The van der Waals surface area contributed by atoms with Gasteiger partial charge in [0.1, 0.15) is 0 Å². The number of nitrogens with zero attached hydrogens (tertiary/aromatic N) is 1. The molecule has 0 spiro atoms. The number of amides is 1. The lowest BCUT2D eigenvalue weighted by atomic mass is 9.95. The predicted molar refractivity (Wildman–Crippen MR) is 135 cm³/mol. The van der Waals surface area contributed by atoms with E-state index >= 15 is 0 Å². The zero-order valence-corrected chi connectivity index (χ0v) is 19.9. The molecule has 0 unspecified atom stereocenters. The Labute approximate surface area is 199 Å². The summed E-state index contributed by atoms with van der Waals surface area (Å²) in [6.07, 6.45) is 1.49. The molecule has 0 fully saturated rings. The van der Waals surface area contributed by atoms with Crippen molar-refractivity contribution >= 4 is 44.5 Å². The first-order valence-electron chi connectivity index (χ1n) is 10.4. The third kappa shape index (κ3) is 4.19. The number of hydrogen-bond donors (Lipinski definition) is 1. The third-order valence-corrected chi connectivity index (χ3v) is 7.54. The number of carbonyl (C=O) groups is 1. The second-order valence-electron chi connectivity index (χ2n) is 7.83. The van der Waals surface area contributed by atoms with Gasteiger partial charge in [0.05, 0.1) is 12.2 Å². The molecule has 1 aliphatic rings. The van der Waals surface area contributed by atoms with E-state index in [1.807, 2.05) is 38.1 Å². The van der Waals surface area contributed by atoms with Gasteiger partial charge in [0.2, 0.25) is 0 Å². The van der Waals surface area contributed by atoms with Gasteiger partial charge in [-0.3, -0.25) is 9.10 Å². The topological polar surface area (TPSA) is 66.5 Å². The molecular weight excluding hydrogens is 456 g/mol. The summed E-state index contributed by atoms with van der Waals surface area (Å²) in [6, 6.07) is 19.6. The average Bonchev–Trinajstić information content (AvgIpc) is 2.78. The minimum Gasteiger partial charge on any atom is -0.321 e. The molecular formula is C26H23ClN2O3S. The van der Waals surface area contributed by atoms with Crippen molar-refractivity contribution in [3.05, 3.63) is 112 Å². The molecule has 1 heterocycles. The number of aryl methyl sites for hydroxylation is 2. The molecule has 1 aliphatic heterocycles. The highest BCUT2D eigenvalue weighted by atomic mass is 35.5. The van der Waals surface area contributed by atoms with E-state index in [1.54, 1.807) is 42.5 Å². The van der Waals surface area contributed by atoms with Crippen LogP contribution in [0.1, 0.15) is 22.3 Å². The van der Waals surface area contributed by atoms with Crippen LogP contribution < -0.4 is 9.62 Å². The van der Waals surface area contributed by atoms with Crippen LogP contribution in [-0.2, 0) is 14.8 Å². The number of anilines is 2. The highest BCUT2D eigenvalue weighted by Crippen LogP contribution is 2.44. The van der Waals surface area contributed by atoms with E-state index in [1.165, 1.54) is 10.4 Å². The number of fused-ring (bicyclic) bond motifs is 1. The molecule has 1 N–H and O–H groups in total. The molecule has 3 aromatic rings. The van der Waals surface area contributed by atoms with Crippen molar-refractivity contribution in [2.45, 2.75) is 13.8 Å². The summed E-state index contributed by atoms with van der Waals surface area (Å²) >= 11 is 6.31. The molecule has 1 amide bonds. The molecule has 0 bridgehead atoms. The third-order valence-electron chi connectivity index (χ3n) is 5.48. The quantitative estimate of drug-likeness (QED) is 0.479. The van der Waals surface area contributed by atoms with Crippen LogP contribution in [0.15, 0.2) is 84.3 Å². The van der Waals surface area contributed by atoms with Crippen LogP contribution in [0.2, 0.25) is 5.02 Å². The number of halogens is 1. The summed E-state index contributed by atoms with van der Waals surface area (Å²) in [6.45, 7) is 7.48. The Morgan fingerprint density at radius 1 is 1.06 bits per heavy atom. The maximum Gasteiger partial charge on any atom is 0.270 e. The van der Waals surface area contributed by atoms with Gasteiger partial charge in [-0.15, -0.1) is 6.58 Å². The number of nitrogens with one attached hydrogen (secondary N) is 1. The Morgan fingerprint density at radius 3 is 2.48 bits per heavy atom. The first kappa shape index (κ1) is 22.8. The Bertz CT molecular complexity index is 1400. The van der Waals surface area contributed by atoms with Gasteiger partial charge in [-0.25, -0.2) is 8.42 Å². The Balaban J connectivity index is 2.02. The second kappa shape index (κ2) is 8.89. The second-order valence-corrected chi connectivity index (χ2v) is 10.1. The van der Waals surface area contributed by atoms with Gasteiger partial charge in [0.15, 0.2) is 4.91 Å². The normalized spacial score (nSPS) is 14.6. The summed E-state index contributed by atoms with van der Waals surface area (Å²) in [7, 11) is -4.21. The standard InChI is InChI=1S/C26H23ClN2O3S/c1-4-14-29-23-13-12-20(27)16-21(23)24(19-8-6-5-7-9-19)25(33(29,31)32)26(30)28-22-15-17(2)10-11-18(22)3/h4-13,15-16H,1,14H2,2-3H3,(H,28,30). The van der Waals surface area contributed by atoms with Gasteiger partial charge in [-0.1, -0.05) is 60.1 Å². The maximum absolute atomic E-state index is 13.8. The molecule has 168 valence electrons. The minimum atomic E-state index is -4.21. The molecule has 33 heavy (non-hydrogen) atoms. The molecule has 0 saturated carbocycles. The molecule has 3 aromatic carbocycles. The monoisotopic (exact) mass is 478 g/mol. The van der Waals surface area contributed by atoms with E-state index in [2.05, 4.69) is 11.9 Å². The SMILES string of the molecule is C=CCN1c2ccc(Cl)cc2C(c2ccccc2)=C(C(=O)Nc2cc(C)ccc2C)S1(=O)=O. The maximum atomic E-state index is 13.8. The van der Waals surface area contributed by atoms with Crippen LogP contribution in [0.3, 0.4) is 0 Å². The molecule has 0 radical (unpaired) electrons. The molecule has 0 atom stereocenters. The van der Waals surface area contributed by atoms with Crippen molar-refractivity contribution < 1.29 is 13.2 Å². The van der Waals surface area contributed by atoms with E-state index in [-0.39, 0.29) is 11.4 Å². The van der Waals surface area contributed by atoms with Crippen LogP contribution >= 0.6 is 11.6 Å². The molecule has 0 aromatic heterocycles. The average molecular weight is 479 g/mol. The Morgan fingerprint density at radius 2 is 1.79 bits per heavy atom. The lowest BCUT2D eigenvalue weighted by Crippen LogP contribution is -2.40. The van der Waals surface area contributed by atoms with Crippen molar-refractivity contribution in [1.82, 2.24) is 0 Å². The van der Waals surface area contributed by atoms with E-state index in [0.717, 1.165) is 11.1 Å². The fourth-order valence-corrected chi connectivity index (χ4v) is 5.79. The van der Waals surface area contributed by atoms with Crippen LogP contribution in [0.4, 0.5) is 11.4 Å². The summed E-state index contributed by atoms with van der Waals surface area (Å²) in [4.78, 5) is 13.3. The van der Waals surface area contributed by atoms with Crippen LogP contribution in [-0.4, -0.2) is 20.9 Å². The van der Waals surface area contributed by atoms with E-state index in [0.29, 0.717) is 33.1 Å². The number of benzene rings is 3. The van der Waals surface area contributed by atoms with E-state index in [9.17, 15) is 13.2 Å². The summed E-state index contributed by atoms with van der Waals surface area (Å²) in [5, 5.41) is 3.26. The van der Waals surface area contributed by atoms with Crippen LogP contribution in [0.5, 0.6) is 0 Å². The van der Waals surface area contributed by atoms with Gasteiger partial charge >= 0.3 is 0 Å².